The molecule has 0 aromatic heterocycles. The summed E-state index contributed by atoms with van der Waals surface area (Å²) in [4.78, 5) is 48.8. The molecule has 1 unspecified atom stereocenters. The van der Waals surface area contributed by atoms with E-state index in [1.165, 1.54) is 17.1 Å². The lowest BCUT2D eigenvalue weighted by Gasteiger charge is -2.38. The maximum Gasteiger partial charge on any atom is 0.335 e. The molecular formula is C29H40N2O12. The molecule has 238 valence electrons. The number of carbonyl (C=O) groups is 4. The van der Waals surface area contributed by atoms with Gasteiger partial charge in [0.25, 0.3) is 0 Å². The summed E-state index contributed by atoms with van der Waals surface area (Å²) in [5.41, 5.74) is 0.472. The van der Waals surface area contributed by atoms with Gasteiger partial charge < -0.3 is 50.0 Å². The maximum atomic E-state index is 12.4. The summed E-state index contributed by atoms with van der Waals surface area (Å²) < 4.78 is 16.4. The molecule has 0 aliphatic carbocycles. The van der Waals surface area contributed by atoms with Crippen LogP contribution in [-0.2, 0) is 41.7 Å². The van der Waals surface area contributed by atoms with Gasteiger partial charge in [0.15, 0.2) is 6.10 Å². The molecule has 2 heterocycles. The van der Waals surface area contributed by atoms with Gasteiger partial charge in [-0.15, -0.1) is 0 Å². The molecule has 1 aromatic rings. The number of esters is 1. The standard InChI is InChI=1S/C29H40N2O12/c1-29(2,3)28(40)41-15-17-14-16(6-4-5-12-30-19(32)11-13-31-20(33)9-10-21(31)34)7-8-18(17)42-27-24(37)22(35)23(36)25(43-27)26(38)39/h7-10,14,20,22-25,27,33,35-37H,4-6,11-13,15H2,1-3H3,(H,30,32)(H,38,39)/t20?,22-,23-,24+,25-,27+/m0/s1. The van der Waals surface area contributed by atoms with Gasteiger partial charge in [-0.05, 0) is 63.8 Å². The van der Waals surface area contributed by atoms with Gasteiger partial charge in [0.2, 0.25) is 18.1 Å². The molecule has 0 spiro atoms. The van der Waals surface area contributed by atoms with E-state index < -0.39 is 54.3 Å². The number of carboxylic acid groups (broad SMARTS) is 1. The molecule has 0 saturated carbocycles. The average Bonchev–Trinajstić information content (AvgIpc) is 3.27. The van der Waals surface area contributed by atoms with Crippen LogP contribution in [0.3, 0.4) is 0 Å². The van der Waals surface area contributed by atoms with Crippen LogP contribution in [0.15, 0.2) is 30.4 Å². The Labute approximate surface area is 248 Å². The van der Waals surface area contributed by atoms with Crippen LogP contribution in [0.1, 0.15) is 51.2 Å². The van der Waals surface area contributed by atoms with Crippen LogP contribution in [0.5, 0.6) is 5.75 Å². The summed E-state index contributed by atoms with van der Waals surface area (Å²) in [6.45, 7) is 5.39. The molecule has 6 atom stereocenters. The lowest BCUT2D eigenvalue weighted by Crippen LogP contribution is -2.61. The Morgan fingerprint density at radius 2 is 1.77 bits per heavy atom. The summed E-state index contributed by atoms with van der Waals surface area (Å²) in [7, 11) is 0. The topological polar surface area (TPSA) is 212 Å². The molecule has 14 nitrogen and oxygen atoms in total. The number of aliphatic carboxylic acids is 1. The minimum Gasteiger partial charge on any atom is -0.479 e. The zero-order valence-electron chi connectivity index (χ0n) is 24.3. The Morgan fingerprint density at radius 3 is 2.40 bits per heavy atom. The van der Waals surface area contributed by atoms with Crippen molar-refractivity contribution in [3.8, 4) is 5.75 Å². The third-order valence-electron chi connectivity index (χ3n) is 6.96. The number of carboxylic acids is 1. The zero-order valence-corrected chi connectivity index (χ0v) is 24.3. The fourth-order valence-corrected chi connectivity index (χ4v) is 4.38. The lowest BCUT2D eigenvalue weighted by molar-refractivity contribution is -0.271. The minimum atomic E-state index is -1.87. The van der Waals surface area contributed by atoms with Crippen LogP contribution in [0, 0.1) is 5.41 Å². The molecule has 14 heteroatoms. The summed E-state index contributed by atoms with van der Waals surface area (Å²) in [6, 6.07) is 5.00. The number of benzene rings is 1. The Bertz CT molecular complexity index is 1200. The Hall–Kier alpha value is -3.56. The van der Waals surface area contributed by atoms with Crippen molar-refractivity contribution >= 4 is 23.8 Å². The van der Waals surface area contributed by atoms with Gasteiger partial charge in [0, 0.05) is 31.1 Å². The quantitative estimate of drug-likeness (QED) is 0.125. The highest BCUT2D eigenvalue weighted by Gasteiger charge is 2.48. The highest BCUT2D eigenvalue weighted by Crippen LogP contribution is 2.29. The number of amides is 2. The zero-order chi connectivity index (χ0) is 31.9. The van der Waals surface area contributed by atoms with Gasteiger partial charge in [0.1, 0.15) is 36.9 Å². The van der Waals surface area contributed by atoms with E-state index in [9.17, 15) is 44.7 Å². The highest BCUT2D eigenvalue weighted by molar-refractivity contribution is 5.90. The monoisotopic (exact) mass is 608 g/mol. The molecule has 0 radical (unpaired) electrons. The Kier molecular flexibility index (Phi) is 11.6. The van der Waals surface area contributed by atoms with Gasteiger partial charge in [0.05, 0.1) is 5.41 Å². The number of carbonyl (C=O) groups excluding carboxylic acids is 3. The summed E-state index contributed by atoms with van der Waals surface area (Å²) >= 11 is 0. The van der Waals surface area contributed by atoms with Gasteiger partial charge in [-0.2, -0.15) is 0 Å². The number of hydrogen-bond acceptors (Lipinski definition) is 11. The number of rotatable bonds is 13. The molecule has 0 bridgehead atoms. The fourth-order valence-electron chi connectivity index (χ4n) is 4.38. The van der Waals surface area contributed by atoms with Crippen molar-refractivity contribution < 1.29 is 58.9 Å². The average molecular weight is 609 g/mol. The molecule has 2 amide bonds. The van der Waals surface area contributed by atoms with Gasteiger partial charge in [-0.1, -0.05) is 6.07 Å². The van der Waals surface area contributed by atoms with E-state index in [0.717, 1.165) is 5.56 Å². The van der Waals surface area contributed by atoms with Crippen molar-refractivity contribution in [2.24, 2.45) is 5.41 Å². The number of nitrogens with one attached hydrogen (secondary N) is 1. The van der Waals surface area contributed by atoms with E-state index in [1.54, 1.807) is 39.0 Å². The van der Waals surface area contributed by atoms with Crippen LogP contribution in [0.2, 0.25) is 0 Å². The summed E-state index contributed by atoms with van der Waals surface area (Å²) in [5, 5.41) is 52.2. The number of aryl methyl sites for hydroxylation is 1. The molecule has 1 aromatic carbocycles. The normalized spacial score (nSPS) is 25.5. The van der Waals surface area contributed by atoms with Crippen LogP contribution < -0.4 is 10.1 Å². The van der Waals surface area contributed by atoms with E-state index in [2.05, 4.69) is 5.32 Å². The summed E-state index contributed by atoms with van der Waals surface area (Å²) in [6.07, 6.45) is -5.35. The smallest absolute Gasteiger partial charge is 0.335 e. The van der Waals surface area contributed by atoms with Crippen LogP contribution in [-0.4, -0.2) is 104 Å². The van der Waals surface area contributed by atoms with E-state index in [1.807, 2.05) is 0 Å². The number of unbranched alkanes of at least 4 members (excludes halogenated alkanes) is 1. The second-order valence-electron chi connectivity index (χ2n) is 11.5. The number of nitrogens with zero attached hydrogens (tertiary/aromatic N) is 1. The van der Waals surface area contributed by atoms with Gasteiger partial charge in [-0.3, -0.25) is 14.4 Å². The van der Waals surface area contributed by atoms with Crippen molar-refractivity contribution in [1.29, 1.82) is 0 Å². The molecule has 1 saturated heterocycles. The van der Waals surface area contributed by atoms with E-state index in [-0.39, 0.29) is 37.1 Å². The molecule has 43 heavy (non-hydrogen) atoms. The predicted octanol–water partition coefficient (Wildman–Crippen LogP) is -0.407. The first-order valence-electron chi connectivity index (χ1n) is 14.0. The van der Waals surface area contributed by atoms with Crippen molar-refractivity contribution in [3.05, 3.63) is 41.5 Å². The van der Waals surface area contributed by atoms with Crippen molar-refractivity contribution in [3.63, 3.8) is 0 Å². The van der Waals surface area contributed by atoms with E-state index in [0.29, 0.717) is 31.4 Å². The number of hydrogen-bond donors (Lipinski definition) is 6. The largest absolute Gasteiger partial charge is 0.479 e. The second-order valence-corrected chi connectivity index (χ2v) is 11.5. The highest BCUT2D eigenvalue weighted by atomic mass is 16.7. The maximum absolute atomic E-state index is 12.4. The number of aliphatic hydroxyl groups is 4. The van der Waals surface area contributed by atoms with Crippen molar-refractivity contribution in [2.75, 3.05) is 13.1 Å². The van der Waals surface area contributed by atoms with Crippen molar-refractivity contribution in [1.82, 2.24) is 10.2 Å². The van der Waals surface area contributed by atoms with Gasteiger partial charge in [-0.25, -0.2) is 4.79 Å². The fraction of sp³-hybridized carbons (Fsp3) is 0.586. The first kappa shape index (κ1) is 33.9. The van der Waals surface area contributed by atoms with E-state index in [4.69, 9.17) is 14.2 Å². The predicted molar refractivity (Wildman–Crippen MR) is 148 cm³/mol. The SMILES string of the molecule is CC(C)(C)C(=O)OCc1cc(CCCCNC(=O)CCN2C(=O)C=CC2O)ccc1O[C@@H]1O[C@H](C(=O)O)[C@@H](O)[C@H](O)[C@H]1O. The molecule has 2 aliphatic rings. The summed E-state index contributed by atoms with van der Waals surface area (Å²) in [5.74, 6) is -2.49. The molecule has 3 rings (SSSR count). The Balaban J connectivity index is 1.58. The number of ether oxygens (including phenoxy) is 3. The third-order valence-corrected chi connectivity index (χ3v) is 6.96. The minimum absolute atomic E-state index is 0.0607. The molecular weight excluding hydrogens is 568 g/mol. The number of aliphatic hydroxyl groups excluding tert-OH is 4. The molecule has 1 fully saturated rings. The lowest BCUT2D eigenvalue weighted by atomic mass is 9.97. The van der Waals surface area contributed by atoms with Crippen LogP contribution >= 0.6 is 0 Å². The first-order valence-corrected chi connectivity index (χ1v) is 14.0. The Morgan fingerprint density at radius 1 is 1.05 bits per heavy atom. The van der Waals surface area contributed by atoms with E-state index >= 15 is 0 Å². The van der Waals surface area contributed by atoms with Crippen molar-refractivity contribution in [2.45, 2.75) is 90.0 Å². The molecule has 6 N–H and O–H groups in total. The third kappa shape index (κ3) is 9.21. The van der Waals surface area contributed by atoms with Gasteiger partial charge >= 0.3 is 11.9 Å². The van der Waals surface area contributed by atoms with Crippen LogP contribution in [0.4, 0.5) is 0 Å². The first-order chi connectivity index (χ1) is 20.2. The second kappa shape index (κ2) is 14.8. The molecule has 2 aliphatic heterocycles. The van der Waals surface area contributed by atoms with Crippen LogP contribution in [0.25, 0.3) is 0 Å².